The minimum atomic E-state index is -0.104. The fourth-order valence-electron chi connectivity index (χ4n) is 3.03. The highest BCUT2D eigenvalue weighted by Gasteiger charge is 2.14. The van der Waals surface area contributed by atoms with Crippen LogP contribution in [0.3, 0.4) is 0 Å². The molecule has 2 aromatic carbocycles. The van der Waals surface area contributed by atoms with E-state index in [4.69, 9.17) is 9.47 Å². The third-order valence-corrected chi connectivity index (χ3v) is 5.90. The van der Waals surface area contributed by atoms with E-state index in [0.29, 0.717) is 35.9 Å². The largest absolute Gasteiger partial charge is 0.493 e. The maximum Gasteiger partial charge on any atom is 0.251 e. The number of carbonyl (C=O) groups excluding carboxylic acids is 1. The Hall–Kier alpha value is -2.91. The van der Waals surface area contributed by atoms with Gasteiger partial charge in [-0.05, 0) is 36.4 Å². The highest BCUT2D eigenvalue weighted by atomic mass is 79.9. The summed E-state index contributed by atoms with van der Waals surface area (Å²) in [5, 5.41) is 9.60. The number of methoxy groups -OCH3 is 2. The molecule has 1 N–H and O–H groups in total. The van der Waals surface area contributed by atoms with Gasteiger partial charge in [0.2, 0.25) is 4.96 Å². The van der Waals surface area contributed by atoms with E-state index in [9.17, 15) is 4.79 Å². The summed E-state index contributed by atoms with van der Waals surface area (Å²) in [6.07, 6.45) is 0.647. The van der Waals surface area contributed by atoms with Crippen LogP contribution in [0.15, 0.2) is 52.3 Å². The normalized spacial score (nSPS) is 10.9. The minimum absolute atomic E-state index is 0.104. The van der Waals surface area contributed by atoms with Crippen molar-refractivity contribution in [1.29, 1.82) is 0 Å². The maximum atomic E-state index is 12.3. The summed E-state index contributed by atoms with van der Waals surface area (Å²) in [7, 11) is 3.20. The van der Waals surface area contributed by atoms with Gasteiger partial charge in [0.1, 0.15) is 0 Å². The van der Waals surface area contributed by atoms with Gasteiger partial charge in [0, 0.05) is 33.9 Å². The predicted octanol–water partition coefficient (Wildman–Crippen LogP) is 4.21. The Labute approximate surface area is 185 Å². The van der Waals surface area contributed by atoms with E-state index in [1.807, 2.05) is 40.2 Å². The topological polar surface area (TPSA) is 77.8 Å². The van der Waals surface area contributed by atoms with E-state index in [1.54, 1.807) is 26.4 Å². The average molecular weight is 487 g/mol. The number of rotatable bonds is 7. The molecule has 0 aliphatic carbocycles. The third-order valence-electron chi connectivity index (χ3n) is 4.55. The second-order valence-electron chi connectivity index (χ2n) is 6.44. The zero-order valence-electron chi connectivity index (χ0n) is 16.4. The van der Waals surface area contributed by atoms with Crippen LogP contribution in [0, 0.1) is 0 Å². The van der Waals surface area contributed by atoms with E-state index < -0.39 is 0 Å². The van der Waals surface area contributed by atoms with E-state index in [2.05, 4.69) is 31.3 Å². The molecular formula is C21H19BrN4O3S. The van der Waals surface area contributed by atoms with Crippen LogP contribution in [-0.2, 0) is 6.42 Å². The summed E-state index contributed by atoms with van der Waals surface area (Å²) in [6, 6.07) is 12.9. The lowest BCUT2D eigenvalue weighted by Gasteiger charge is -2.07. The molecule has 4 rings (SSSR count). The van der Waals surface area contributed by atoms with Gasteiger partial charge in [-0.25, -0.2) is 4.52 Å². The lowest BCUT2D eigenvalue weighted by molar-refractivity contribution is 0.0954. The number of thiazole rings is 1. The van der Waals surface area contributed by atoms with Gasteiger partial charge in [0.05, 0.1) is 19.9 Å². The first-order valence-corrected chi connectivity index (χ1v) is 10.9. The number of amides is 1. The number of carbonyl (C=O) groups is 1. The Morgan fingerprint density at radius 3 is 2.77 bits per heavy atom. The van der Waals surface area contributed by atoms with Crippen molar-refractivity contribution in [2.75, 3.05) is 20.8 Å². The molecule has 4 aromatic rings. The number of benzene rings is 2. The Morgan fingerprint density at radius 1 is 1.17 bits per heavy atom. The number of halogens is 1. The van der Waals surface area contributed by atoms with Gasteiger partial charge in [-0.15, -0.1) is 16.4 Å². The van der Waals surface area contributed by atoms with Gasteiger partial charge in [-0.1, -0.05) is 22.0 Å². The van der Waals surface area contributed by atoms with Gasteiger partial charge < -0.3 is 14.8 Å². The number of fused-ring (bicyclic) bond motifs is 1. The standard InChI is InChI=1S/C21H19BrN4O3S/c1-28-17-7-6-13(11-18(17)29-2)19-24-21-26(25-19)16(12-30-21)8-9-23-20(27)14-4-3-5-15(22)10-14/h3-7,10-12H,8-9H2,1-2H3,(H,23,27). The molecule has 0 aliphatic heterocycles. The van der Waals surface area contributed by atoms with Crippen LogP contribution in [0.2, 0.25) is 0 Å². The summed E-state index contributed by atoms with van der Waals surface area (Å²) < 4.78 is 13.4. The van der Waals surface area contributed by atoms with Crippen molar-refractivity contribution in [2.45, 2.75) is 6.42 Å². The van der Waals surface area contributed by atoms with Crippen molar-refractivity contribution in [3.8, 4) is 22.9 Å². The van der Waals surface area contributed by atoms with Crippen LogP contribution in [0.5, 0.6) is 11.5 Å². The maximum absolute atomic E-state index is 12.3. The molecule has 0 aliphatic rings. The summed E-state index contributed by atoms with van der Waals surface area (Å²) in [4.78, 5) is 17.7. The van der Waals surface area contributed by atoms with Crippen LogP contribution in [0.1, 0.15) is 16.1 Å². The number of nitrogens with zero attached hydrogens (tertiary/aromatic N) is 3. The highest BCUT2D eigenvalue weighted by Crippen LogP contribution is 2.31. The Morgan fingerprint density at radius 2 is 2.00 bits per heavy atom. The summed E-state index contributed by atoms with van der Waals surface area (Å²) in [5.41, 5.74) is 2.46. The van der Waals surface area contributed by atoms with E-state index in [1.165, 1.54) is 11.3 Å². The van der Waals surface area contributed by atoms with Crippen molar-refractivity contribution in [2.24, 2.45) is 0 Å². The number of ether oxygens (including phenoxy) is 2. The summed E-state index contributed by atoms with van der Waals surface area (Å²) in [5.74, 6) is 1.79. The average Bonchev–Trinajstić information content (AvgIpc) is 3.35. The van der Waals surface area contributed by atoms with Gasteiger partial charge in [-0.2, -0.15) is 4.98 Å². The smallest absolute Gasteiger partial charge is 0.251 e. The SMILES string of the molecule is COc1ccc(-c2nc3scc(CCNC(=O)c4cccc(Br)c4)n3n2)cc1OC. The molecule has 0 fully saturated rings. The fraction of sp³-hybridized carbons (Fsp3) is 0.190. The highest BCUT2D eigenvalue weighted by molar-refractivity contribution is 9.10. The number of hydrogen-bond donors (Lipinski definition) is 1. The van der Waals surface area contributed by atoms with Crippen molar-refractivity contribution >= 4 is 38.1 Å². The zero-order valence-corrected chi connectivity index (χ0v) is 18.8. The van der Waals surface area contributed by atoms with E-state index >= 15 is 0 Å². The molecule has 0 unspecified atom stereocenters. The summed E-state index contributed by atoms with van der Waals surface area (Å²) >= 11 is 4.90. The van der Waals surface area contributed by atoms with Crippen molar-refractivity contribution < 1.29 is 14.3 Å². The minimum Gasteiger partial charge on any atom is -0.493 e. The zero-order chi connectivity index (χ0) is 21.1. The van der Waals surface area contributed by atoms with Gasteiger partial charge in [-0.3, -0.25) is 4.79 Å². The molecule has 0 atom stereocenters. The Balaban J connectivity index is 1.47. The van der Waals surface area contributed by atoms with Crippen molar-refractivity contribution in [3.05, 3.63) is 63.6 Å². The van der Waals surface area contributed by atoms with Gasteiger partial charge in [0.25, 0.3) is 5.91 Å². The predicted molar refractivity (Wildman–Crippen MR) is 120 cm³/mol. The lowest BCUT2D eigenvalue weighted by Crippen LogP contribution is -2.26. The quantitative estimate of drug-likeness (QED) is 0.423. The molecule has 0 bridgehead atoms. The summed E-state index contributed by atoms with van der Waals surface area (Å²) in [6.45, 7) is 0.503. The second-order valence-corrected chi connectivity index (χ2v) is 8.20. The molecule has 154 valence electrons. The monoisotopic (exact) mass is 486 g/mol. The van der Waals surface area contributed by atoms with Gasteiger partial charge in [0.15, 0.2) is 17.3 Å². The molecule has 30 heavy (non-hydrogen) atoms. The first-order chi connectivity index (χ1) is 14.6. The molecule has 2 aromatic heterocycles. The van der Waals surface area contributed by atoms with Crippen molar-refractivity contribution in [1.82, 2.24) is 19.9 Å². The van der Waals surface area contributed by atoms with Crippen LogP contribution >= 0.6 is 27.3 Å². The van der Waals surface area contributed by atoms with Crippen LogP contribution in [0.4, 0.5) is 0 Å². The fourth-order valence-corrected chi connectivity index (χ4v) is 4.29. The van der Waals surface area contributed by atoms with Crippen LogP contribution in [-0.4, -0.2) is 41.3 Å². The number of nitrogens with one attached hydrogen (secondary N) is 1. The van der Waals surface area contributed by atoms with E-state index in [-0.39, 0.29) is 5.91 Å². The second kappa shape index (κ2) is 8.85. The van der Waals surface area contributed by atoms with Crippen LogP contribution < -0.4 is 14.8 Å². The first kappa shape index (κ1) is 20.4. The molecule has 0 radical (unpaired) electrons. The van der Waals surface area contributed by atoms with Crippen molar-refractivity contribution in [3.63, 3.8) is 0 Å². The third kappa shape index (κ3) is 4.17. The lowest BCUT2D eigenvalue weighted by atomic mass is 10.2. The molecule has 0 saturated heterocycles. The molecule has 7 nitrogen and oxygen atoms in total. The molecule has 0 spiro atoms. The Bertz CT molecular complexity index is 1200. The molecule has 0 saturated carbocycles. The number of aromatic nitrogens is 3. The molecular weight excluding hydrogens is 468 g/mol. The Kier molecular flexibility index (Phi) is 6.01. The van der Waals surface area contributed by atoms with Gasteiger partial charge >= 0.3 is 0 Å². The molecule has 1 amide bonds. The van der Waals surface area contributed by atoms with Crippen LogP contribution in [0.25, 0.3) is 16.3 Å². The number of hydrogen-bond acceptors (Lipinski definition) is 6. The first-order valence-electron chi connectivity index (χ1n) is 9.18. The van der Waals surface area contributed by atoms with E-state index in [0.717, 1.165) is 20.7 Å². The molecule has 9 heteroatoms. The molecule has 2 heterocycles.